The van der Waals surface area contributed by atoms with Gasteiger partial charge in [-0.3, -0.25) is 4.79 Å². The number of ether oxygens (including phenoxy) is 4. The third-order valence-corrected chi connectivity index (χ3v) is 4.75. The molecule has 0 aromatic heterocycles. The summed E-state index contributed by atoms with van der Waals surface area (Å²) in [4.78, 5) is 12.5. The third-order valence-electron chi connectivity index (χ3n) is 4.75. The lowest BCUT2D eigenvalue weighted by Crippen LogP contribution is -2.26. The molecule has 0 aliphatic heterocycles. The standard InChI is InChI=1S/C24H33NO5/c1-16(2)15-30-22-10-7-18(14-23(22)29-6)17(3)25-24(26)12-8-19-13-20(27-4)9-11-21(19)28-5/h7,9-11,13-14,16-17H,8,12,15H2,1-6H3,(H,25,26). The van der Waals surface area contributed by atoms with E-state index >= 15 is 0 Å². The van der Waals surface area contributed by atoms with Gasteiger partial charge in [-0.2, -0.15) is 0 Å². The molecule has 30 heavy (non-hydrogen) atoms. The zero-order chi connectivity index (χ0) is 22.1. The Morgan fingerprint density at radius 3 is 2.23 bits per heavy atom. The molecule has 1 N–H and O–H groups in total. The maximum absolute atomic E-state index is 12.5. The van der Waals surface area contributed by atoms with Crippen LogP contribution in [0.25, 0.3) is 0 Å². The number of carbonyl (C=O) groups is 1. The highest BCUT2D eigenvalue weighted by molar-refractivity contribution is 5.76. The molecule has 164 valence electrons. The van der Waals surface area contributed by atoms with E-state index in [0.29, 0.717) is 36.9 Å². The minimum atomic E-state index is -0.155. The second-order valence-electron chi connectivity index (χ2n) is 7.58. The van der Waals surface area contributed by atoms with Crippen LogP contribution >= 0.6 is 0 Å². The largest absolute Gasteiger partial charge is 0.497 e. The van der Waals surface area contributed by atoms with Crippen molar-refractivity contribution >= 4 is 5.91 Å². The molecule has 2 aromatic carbocycles. The zero-order valence-corrected chi connectivity index (χ0v) is 18.8. The van der Waals surface area contributed by atoms with Crippen LogP contribution in [0, 0.1) is 5.92 Å². The number of rotatable bonds is 11. The molecule has 0 aliphatic rings. The fourth-order valence-corrected chi connectivity index (χ4v) is 3.05. The Morgan fingerprint density at radius 2 is 1.60 bits per heavy atom. The summed E-state index contributed by atoms with van der Waals surface area (Å²) < 4.78 is 21.9. The van der Waals surface area contributed by atoms with Gasteiger partial charge >= 0.3 is 0 Å². The highest BCUT2D eigenvalue weighted by atomic mass is 16.5. The number of benzene rings is 2. The lowest BCUT2D eigenvalue weighted by molar-refractivity contribution is -0.121. The predicted molar refractivity (Wildman–Crippen MR) is 118 cm³/mol. The highest BCUT2D eigenvalue weighted by Crippen LogP contribution is 2.31. The fourth-order valence-electron chi connectivity index (χ4n) is 3.05. The van der Waals surface area contributed by atoms with Crippen molar-refractivity contribution in [3.63, 3.8) is 0 Å². The van der Waals surface area contributed by atoms with Gasteiger partial charge < -0.3 is 24.3 Å². The van der Waals surface area contributed by atoms with E-state index in [0.717, 1.165) is 22.6 Å². The van der Waals surface area contributed by atoms with Crippen molar-refractivity contribution in [2.24, 2.45) is 5.92 Å². The molecule has 0 saturated carbocycles. The lowest BCUT2D eigenvalue weighted by atomic mass is 10.1. The van der Waals surface area contributed by atoms with Gasteiger partial charge in [0, 0.05) is 6.42 Å². The van der Waals surface area contributed by atoms with Crippen molar-refractivity contribution in [3.05, 3.63) is 47.5 Å². The van der Waals surface area contributed by atoms with E-state index < -0.39 is 0 Å². The van der Waals surface area contributed by atoms with Crippen molar-refractivity contribution in [3.8, 4) is 23.0 Å². The van der Waals surface area contributed by atoms with Crippen molar-refractivity contribution in [2.45, 2.75) is 39.7 Å². The van der Waals surface area contributed by atoms with Gasteiger partial charge in [-0.25, -0.2) is 0 Å². The molecule has 2 rings (SSSR count). The number of nitrogens with one attached hydrogen (secondary N) is 1. The molecule has 0 bridgehead atoms. The normalized spacial score (nSPS) is 11.7. The topological polar surface area (TPSA) is 66.0 Å². The van der Waals surface area contributed by atoms with E-state index in [1.54, 1.807) is 21.3 Å². The summed E-state index contributed by atoms with van der Waals surface area (Å²) in [6, 6.07) is 11.2. The summed E-state index contributed by atoms with van der Waals surface area (Å²) in [6.07, 6.45) is 0.908. The Hall–Kier alpha value is -2.89. The van der Waals surface area contributed by atoms with Gasteiger partial charge in [-0.1, -0.05) is 19.9 Å². The minimum absolute atomic E-state index is 0.0357. The van der Waals surface area contributed by atoms with E-state index in [9.17, 15) is 4.79 Å². The molecular weight excluding hydrogens is 382 g/mol. The second-order valence-corrected chi connectivity index (χ2v) is 7.58. The maximum Gasteiger partial charge on any atom is 0.220 e. The Kier molecular flexibility index (Phi) is 8.84. The zero-order valence-electron chi connectivity index (χ0n) is 18.8. The summed E-state index contributed by atoms with van der Waals surface area (Å²) in [7, 11) is 4.86. The number of hydrogen-bond acceptors (Lipinski definition) is 5. The molecule has 6 nitrogen and oxygen atoms in total. The first kappa shape index (κ1) is 23.4. The highest BCUT2D eigenvalue weighted by Gasteiger charge is 2.14. The monoisotopic (exact) mass is 415 g/mol. The van der Waals surface area contributed by atoms with Crippen LogP contribution in [0.15, 0.2) is 36.4 Å². The quantitative estimate of drug-likeness (QED) is 0.583. The number of carbonyl (C=O) groups excluding carboxylic acids is 1. The average Bonchev–Trinajstić information content (AvgIpc) is 2.75. The molecule has 0 heterocycles. The molecule has 1 unspecified atom stereocenters. The van der Waals surface area contributed by atoms with Crippen LogP contribution in [0.2, 0.25) is 0 Å². The van der Waals surface area contributed by atoms with Crippen LogP contribution in [-0.4, -0.2) is 33.8 Å². The van der Waals surface area contributed by atoms with Gasteiger partial charge in [0.1, 0.15) is 11.5 Å². The Bertz CT molecular complexity index is 834. The van der Waals surface area contributed by atoms with Crippen LogP contribution in [0.1, 0.15) is 44.4 Å². The summed E-state index contributed by atoms with van der Waals surface area (Å²) in [5, 5.41) is 3.05. The molecule has 6 heteroatoms. The molecule has 1 amide bonds. The van der Waals surface area contributed by atoms with E-state index in [2.05, 4.69) is 19.2 Å². The van der Waals surface area contributed by atoms with Crippen molar-refractivity contribution in [1.29, 1.82) is 0 Å². The third kappa shape index (κ3) is 6.58. The molecule has 0 radical (unpaired) electrons. The van der Waals surface area contributed by atoms with Crippen molar-refractivity contribution in [1.82, 2.24) is 5.32 Å². The van der Waals surface area contributed by atoms with Gasteiger partial charge in [0.05, 0.1) is 34.0 Å². The molecule has 2 aromatic rings. The van der Waals surface area contributed by atoms with Crippen LogP contribution < -0.4 is 24.3 Å². The maximum atomic E-state index is 12.5. The SMILES string of the molecule is COc1ccc(OC)c(CCC(=O)NC(C)c2ccc(OCC(C)C)c(OC)c2)c1. The Balaban J connectivity index is 1.98. The van der Waals surface area contributed by atoms with Crippen molar-refractivity contribution < 1.29 is 23.7 Å². The number of methoxy groups -OCH3 is 3. The van der Waals surface area contributed by atoms with Gasteiger partial charge in [-0.15, -0.1) is 0 Å². The first-order valence-corrected chi connectivity index (χ1v) is 10.2. The smallest absolute Gasteiger partial charge is 0.220 e. The molecule has 0 aliphatic carbocycles. The van der Waals surface area contributed by atoms with Gasteiger partial charge in [-0.05, 0) is 60.7 Å². The number of aryl methyl sites for hydroxylation is 1. The van der Waals surface area contributed by atoms with Crippen LogP contribution in [0.4, 0.5) is 0 Å². The molecule has 0 fully saturated rings. The van der Waals surface area contributed by atoms with Gasteiger partial charge in [0.25, 0.3) is 0 Å². The average molecular weight is 416 g/mol. The van der Waals surface area contributed by atoms with E-state index in [-0.39, 0.29) is 11.9 Å². The minimum Gasteiger partial charge on any atom is -0.497 e. The molecule has 0 spiro atoms. The van der Waals surface area contributed by atoms with Crippen molar-refractivity contribution in [2.75, 3.05) is 27.9 Å². The van der Waals surface area contributed by atoms with Crippen LogP contribution in [0.3, 0.4) is 0 Å². The first-order chi connectivity index (χ1) is 14.4. The molecular formula is C24H33NO5. The van der Waals surface area contributed by atoms with Crippen LogP contribution in [0.5, 0.6) is 23.0 Å². The number of amides is 1. The summed E-state index contributed by atoms with van der Waals surface area (Å²) >= 11 is 0. The van der Waals surface area contributed by atoms with Gasteiger partial charge in [0.15, 0.2) is 11.5 Å². The van der Waals surface area contributed by atoms with Crippen LogP contribution in [-0.2, 0) is 11.2 Å². The van der Waals surface area contributed by atoms with Gasteiger partial charge in [0.2, 0.25) is 5.91 Å². The lowest BCUT2D eigenvalue weighted by Gasteiger charge is -2.18. The van der Waals surface area contributed by atoms with E-state index in [1.807, 2.05) is 43.3 Å². The summed E-state index contributed by atoms with van der Waals surface area (Å²) in [5.74, 6) is 3.25. The fraction of sp³-hybridized carbons (Fsp3) is 0.458. The van der Waals surface area contributed by atoms with E-state index in [4.69, 9.17) is 18.9 Å². The predicted octanol–water partition coefficient (Wildman–Crippen LogP) is 4.56. The summed E-state index contributed by atoms with van der Waals surface area (Å²) in [5.41, 5.74) is 1.89. The Morgan fingerprint density at radius 1 is 0.900 bits per heavy atom. The summed E-state index contributed by atoms with van der Waals surface area (Å²) in [6.45, 7) is 6.77. The molecule has 0 saturated heterocycles. The first-order valence-electron chi connectivity index (χ1n) is 10.2. The van der Waals surface area contributed by atoms with E-state index in [1.165, 1.54) is 0 Å². The Labute approximate surface area is 179 Å². The second kappa shape index (κ2) is 11.3. The molecule has 1 atom stereocenters. The number of hydrogen-bond donors (Lipinski definition) is 1.